The Labute approximate surface area is 107 Å². The van der Waals surface area contributed by atoms with E-state index >= 15 is 0 Å². The Bertz CT molecular complexity index is 347. The predicted molar refractivity (Wildman–Crippen MR) is 76.2 cm³/mol. The second-order valence-corrected chi connectivity index (χ2v) is 6.43. The zero-order chi connectivity index (χ0) is 13.1. The first kappa shape index (κ1) is 14.2. The molecule has 1 unspecified atom stereocenters. The van der Waals surface area contributed by atoms with E-state index in [-0.39, 0.29) is 5.41 Å². The molecule has 0 bridgehead atoms. The maximum atomic E-state index is 3.44. The van der Waals surface area contributed by atoms with Gasteiger partial charge in [-0.25, -0.2) is 0 Å². The molecule has 0 aromatic heterocycles. The van der Waals surface area contributed by atoms with Gasteiger partial charge < -0.3 is 5.32 Å². The number of rotatable bonds is 4. The van der Waals surface area contributed by atoms with Gasteiger partial charge in [-0.15, -0.1) is 0 Å². The van der Waals surface area contributed by atoms with Crippen molar-refractivity contribution in [3.63, 3.8) is 0 Å². The minimum atomic E-state index is 0.241. The highest BCUT2D eigenvalue weighted by Crippen LogP contribution is 2.32. The van der Waals surface area contributed by atoms with Gasteiger partial charge in [0.05, 0.1) is 0 Å². The molecule has 0 aliphatic carbocycles. The summed E-state index contributed by atoms with van der Waals surface area (Å²) in [6.45, 7) is 11.4. The van der Waals surface area contributed by atoms with Gasteiger partial charge in [-0.3, -0.25) is 0 Å². The molecule has 96 valence electrons. The monoisotopic (exact) mass is 233 g/mol. The van der Waals surface area contributed by atoms with Crippen molar-refractivity contribution in [3.8, 4) is 0 Å². The molecule has 1 N–H and O–H groups in total. The van der Waals surface area contributed by atoms with Crippen LogP contribution in [-0.2, 0) is 6.42 Å². The first-order valence-corrected chi connectivity index (χ1v) is 6.60. The van der Waals surface area contributed by atoms with Crippen molar-refractivity contribution < 1.29 is 0 Å². The first-order chi connectivity index (χ1) is 7.84. The Morgan fingerprint density at radius 2 is 1.82 bits per heavy atom. The van der Waals surface area contributed by atoms with Crippen LogP contribution in [0, 0.1) is 11.3 Å². The highest BCUT2D eigenvalue weighted by molar-refractivity contribution is 5.27. The molecule has 0 saturated heterocycles. The molecule has 0 heterocycles. The zero-order valence-electron chi connectivity index (χ0n) is 12.2. The summed E-state index contributed by atoms with van der Waals surface area (Å²) < 4.78 is 0. The average molecular weight is 233 g/mol. The third-order valence-corrected chi connectivity index (χ3v) is 3.08. The average Bonchev–Trinajstić information content (AvgIpc) is 2.15. The molecule has 1 rings (SSSR count). The summed E-state index contributed by atoms with van der Waals surface area (Å²) in [5, 5.41) is 3.44. The van der Waals surface area contributed by atoms with Gasteiger partial charge in [-0.1, -0.05) is 58.9 Å². The van der Waals surface area contributed by atoms with E-state index in [1.165, 1.54) is 11.1 Å². The molecule has 0 radical (unpaired) electrons. The molecule has 0 fully saturated rings. The van der Waals surface area contributed by atoms with Crippen LogP contribution < -0.4 is 5.32 Å². The van der Waals surface area contributed by atoms with Gasteiger partial charge in [0, 0.05) is 6.04 Å². The minimum absolute atomic E-state index is 0.241. The summed E-state index contributed by atoms with van der Waals surface area (Å²) in [7, 11) is 2.05. The van der Waals surface area contributed by atoms with E-state index in [9.17, 15) is 0 Å². The van der Waals surface area contributed by atoms with E-state index in [2.05, 4.69) is 64.2 Å². The Hall–Kier alpha value is -0.820. The Kier molecular flexibility index (Phi) is 4.76. The number of hydrogen-bond acceptors (Lipinski definition) is 1. The number of nitrogens with one attached hydrogen (secondary N) is 1. The molecule has 0 saturated carbocycles. The van der Waals surface area contributed by atoms with Crippen LogP contribution in [0.4, 0.5) is 0 Å². The summed E-state index contributed by atoms with van der Waals surface area (Å²) in [5.74, 6) is 0.716. The summed E-state index contributed by atoms with van der Waals surface area (Å²) in [5.41, 5.74) is 3.09. The van der Waals surface area contributed by atoms with Crippen LogP contribution in [0.25, 0.3) is 0 Å². The summed E-state index contributed by atoms with van der Waals surface area (Å²) in [4.78, 5) is 0. The summed E-state index contributed by atoms with van der Waals surface area (Å²) in [6, 6.07) is 9.42. The molecule has 0 aliphatic heterocycles. The molecular weight excluding hydrogens is 206 g/mol. The molecule has 0 spiro atoms. The summed E-state index contributed by atoms with van der Waals surface area (Å²) in [6.07, 6.45) is 1.16. The molecule has 17 heavy (non-hydrogen) atoms. The van der Waals surface area contributed by atoms with Crippen molar-refractivity contribution in [2.45, 2.75) is 47.1 Å². The Morgan fingerprint density at radius 1 is 1.18 bits per heavy atom. The van der Waals surface area contributed by atoms with Crippen LogP contribution in [0.2, 0.25) is 0 Å². The zero-order valence-corrected chi connectivity index (χ0v) is 12.2. The fraction of sp³-hybridized carbons (Fsp3) is 0.625. The van der Waals surface area contributed by atoms with Gasteiger partial charge in [-0.2, -0.15) is 0 Å². The van der Waals surface area contributed by atoms with Crippen LogP contribution in [0.1, 0.15) is 51.8 Å². The van der Waals surface area contributed by atoms with E-state index in [4.69, 9.17) is 0 Å². The van der Waals surface area contributed by atoms with E-state index < -0.39 is 0 Å². The van der Waals surface area contributed by atoms with Gasteiger partial charge in [0.2, 0.25) is 0 Å². The maximum absolute atomic E-state index is 3.44. The maximum Gasteiger partial charge on any atom is 0.0366 e. The van der Waals surface area contributed by atoms with Crippen molar-refractivity contribution in [3.05, 3.63) is 35.4 Å². The highest BCUT2D eigenvalue weighted by atomic mass is 14.9. The fourth-order valence-electron chi connectivity index (χ4n) is 2.47. The van der Waals surface area contributed by atoms with Crippen LogP contribution in [-0.4, -0.2) is 7.05 Å². The molecule has 1 aromatic rings. The van der Waals surface area contributed by atoms with Gasteiger partial charge in [0.25, 0.3) is 0 Å². The third-order valence-electron chi connectivity index (χ3n) is 3.08. The molecule has 1 atom stereocenters. The van der Waals surface area contributed by atoms with Crippen LogP contribution in [0.15, 0.2) is 24.3 Å². The highest BCUT2D eigenvalue weighted by Gasteiger charge is 2.24. The van der Waals surface area contributed by atoms with E-state index in [0.29, 0.717) is 12.0 Å². The van der Waals surface area contributed by atoms with Crippen molar-refractivity contribution >= 4 is 0 Å². The lowest BCUT2D eigenvalue weighted by molar-refractivity contribution is 0.287. The van der Waals surface area contributed by atoms with Crippen molar-refractivity contribution in [2.75, 3.05) is 7.05 Å². The van der Waals surface area contributed by atoms with Gasteiger partial charge in [0.15, 0.2) is 0 Å². The standard InChI is InChI=1S/C16H27N/c1-12(2)10-13-8-7-9-14(11-13)15(17-6)16(3,4)5/h7-9,11-12,15,17H,10H2,1-6H3. The smallest absolute Gasteiger partial charge is 0.0366 e. The second kappa shape index (κ2) is 5.68. The number of benzene rings is 1. The second-order valence-electron chi connectivity index (χ2n) is 6.43. The lowest BCUT2D eigenvalue weighted by Crippen LogP contribution is -2.29. The van der Waals surface area contributed by atoms with E-state index in [0.717, 1.165) is 6.42 Å². The lowest BCUT2D eigenvalue weighted by atomic mass is 9.82. The van der Waals surface area contributed by atoms with Gasteiger partial charge in [0.1, 0.15) is 0 Å². The van der Waals surface area contributed by atoms with Crippen LogP contribution in [0.5, 0.6) is 0 Å². The first-order valence-electron chi connectivity index (χ1n) is 6.60. The molecule has 1 nitrogen and oxygen atoms in total. The van der Waals surface area contributed by atoms with Crippen LogP contribution >= 0.6 is 0 Å². The topological polar surface area (TPSA) is 12.0 Å². The van der Waals surface area contributed by atoms with E-state index in [1.807, 2.05) is 7.05 Å². The van der Waals surface area contributed by atoms with Crippen molar-refractivity contribution in [1.82, 2.24) is 5.32 Å². The molecule has 1 heteroatoms. The Morgan fingerprint density at radius 3 is 2.29 bits per heavy atom. The van der Waals surface area contributed by atoms with Crippen molar-refractivity contribution in [1.29, 1.82) is 0 Å². The van der Waals surface area contributed by atoms with E-state index in [1.54, 1.807) is 0 Å². The quantitative estimate of drug-likeness (QED) is 0.822. The van der Waals surface area contributed by atoms with Crippen LogP contribution in [0.3, 0.4) is 0 Å². The third kappa shape index (κ3) is 4.16. The fourth-order valence-corrected chi connectivity index (χ4v) is 2.47. The molecule has 0 aliphatic rings. The SMILES string of the molecule is CNC(c1cccc(CC(C)C)c1)C(C)(C)C. The van der Waals surface area contributed by atoms with Gasteiger partial charge >= 0.3 is 0 Å². The molecule has 1 aromatic carbocycles. The molecular formula is C16H27N. The predicted octanol–water partition coefficient (Wildman–Crippen LogP) is 4.19. The summed E-state index contributed by atoms with van der Waals surface area (Å²) >= 11 is 0. The number of hydrogen-bond donors (Lipinski definition) is 1. The molecule has 0 amide bonds. The Balaban J connectivity index is 2.97. The normalized spacial score (nSPS) is 14.1. The van der Waals surface area contributed by atoms with Gasteiger partial charge in [-0.05, 0) is 35.9 Å². The lowest BCUT2D eigenvalue weighted by Gasteiger charge is -2.31. The largest absolute Gasteiger partial charge is 0.313 e. The minimum Gasteiger partial charge on any atom is -0.313 e. The van der Waals surface area contributed by atoms with Crippen molar-refractivity contribution in [2.24, 2.45) is 11.3 Å².